The van der Waals surface area contributed by atoms with Gasteiger partial charge in [0.15, 0.2) is 11.7 Å². The maximum atomic E-state index is 12.5. The number of methoxy groups -OCH3 is 1. The first kappa shape index (κ1) is 23.6. The Bertz CT molecular complexity index is 910. The molecule has 0 aromatic heterocycles. The van der Waals surface area contributed by atoms with Crippen molar-refractivity contribution in [1.82, 2.24) is 16.2 Å². The third kappa shape index (κ3) is 7.97. The van der Waals surface area contributed by atoms with Gasteiger partial charge < -0.3 is 14.2 Å². The van der Waals surface area contributed by atoms with Crippen LogP contribution in [0.25, 0.3) is 0 Å². The Kier molecular flexibility index (Phi) is 9.52. The third-order valence-electron chi connectivity index (χ3n) is 3.63. The van der Waals surface area contributed by atoms with Gasteiger partial charge in [0.2, 0.25) is 0 Å². The number of carbonyl (C=O) groups is 2. The molecule has 160 valence electrons. The van der Waals surface area contributed by atoms with Gasteiger partial charge >= 0.3 is 0 Å². The van der Waals surface area contributed by atoms with Gasteiger partial charge in [0, 0.05) is 11.6 Å². The number of hydrogen-bond donors (Lipinski definition) is 3. The topological polar surface area (TPSA) is 97.9 Å². The molecular formula is C20H22BrN3O5S. The highest BCUT2D eigenvalue weighted by Gasteiger charge is 2.15. The molecule has 0 fully saturated rings. The maximum Gasteiger partial charge on any atom is 0.276 e. The third-order valence-corrected chi connectivity index (χ3v) is 4.33. The number of carbonyl (C=O) groups excluding carboxylic acids is 2. The largest absolute Gasteiger partial charge is 0.490 e. The second-order valence-corrected chi connectivity index (χ2v) is 7.37. The first-order chi connectivity index (χ1) is 14.4. The molecule has 0 aliphatic heterocycles. The summed E-state index contributed by atoms with van der Waals surface area (Å²) in [5, 5.41) is 2.41. The summed E-state index contributed by atoms with van der Waals surface area (Å²) >= 11 is 8.38. The smallest absolute Gasteiger partial charge is 0.276 e. The zero-order chi connectivity index (χ0) is 21.9. The Labute approximate surface area is 188 Å². The highest BCUT2D eigenvalue weighted by molar-refractivity contribution is 9.10. The van der Waals surface area contributed by atoms with E-state index in [0.717, 1.165) is 5.56 Å². The van der Waals surface area contributed by atoms with Crippen LogP contribution in [0.4, 0.5) is 0 Å². The quantitative estimate of drug-likeness (QED) is 0.294. The molecule has 0 saturated heterocycles. The minimum atomic E-state index is -0.494. The van der Waals surface area contributed by atoms with Crippen LogP contribution >= 0.6 is 28.1 Å². The number of nitrogens with one attached hydrogen (secondary N) is 3. The summed E-state index contributed by atoms with van der Waals surface area (Å²) in [7, 11) is 1.56. The Morgan fingerprint density at radius 3 is 2.60 bits per heavy atom. The fraction of sp³-hybridized carbons (Fsp3) is 0.250. The number of rotatable bonds is 8. The minimum absolute atomic E-state index is 0.0771. The summed E-state index contributed by atoms with van der Waals surface area (Å²) in [5.74, 6) is 0.00783. The molecule has 0 atom stereocenters. The zero-order valence-electron chi connectivity index (χ0n) is 16.5. The molecule has 0 heterocycles. The van der Waals surface area contributed by atoms with Gasteiger partial charge in [-0.3, -0.25) is 25.8 Å². The van der Waals surface area contributed by atoms with Crippen LogP contribution in [0.2, 0.25) is 0 Å². The van der Waals surface area contributed by atoms with E-state index in [1.165, 1.54) is 0 Å². The predicted molar refractivity (Wildman–Crippen MR) is 120 cm³/mol. The fourth-order valence-corrected chi connectivity index (χ4v) is 2.76. The summed E-state index contributed by atoms with van der Waals surface area (Å²) < 4.78 is 16.6. The van der Waals surface area contributed by atoms with Crippen molar-refractivity contribution in [3.8, 4) is 11.5 Å². The van der Waals surface area contributed by atoms with Crippen LogP contribution in [-0.2, 0) is 9.53 Å². The van der Waals surface area contributed by atoms with Crippen LogP contribution < -0.4 is 25.6 Å². The van der Waals surface area contributed by atoms with Gasteiger partial charge in [-0.25, -0.2) is 0 Å². The number of halogens is 1. The van der Waals surface area contributed by atoms with Crippen molar-refractivity contribution in [2.75, 3.05) is 26.9 Å². The van der Waals surface area contributed by atoms with Gasteiger partial charge in [-0.05, 0) is 55.0 Å². The molecule has 0 bridgehead atoms. The Balaban J connectivity index is 1.83. The number of amides is 2. The summed E-state index contributed by atoms with van der Waals surface area (Å²) in [6.07, 6.45) is 0. The lowest BCUT2D eigenvalue weighted by molar-refractivity contribution is -0.123. The molecule has 0 spiro atoms. The number of benzene rings is 2. The normalized spacial score (nSPS) is 10.1. The average molecular weight is 496 g/mol. The summed E-state index contributed by atoms with van der Waals surface area (Å²) in [5.41, 5.74) is 6.13. The van der Waals surface area contributed by atoms with Crippen molar-refractivity contribution in [2.24, 2.45) is 0 Å². The monoisotopic (exact) mass is 495 g/mol. The molecule has 0 unspecified atom stereocenters. The number of ether oxygens (including phenoxy) is 3. The second kappa shape index (κ2) is 12.1. The summed E-state index contributed by atoms with van der Waals surface area (Å²) in [6, 6.07) is 12.3. The van der Waals surface area contributed by atoms with E-state index < -0.39 is 11.8 Å². The van der Waals surface area contributed by atoms with E-state index in [0.29, 0.717) is 22.6 Å². The van der Waals surface area contributed by atoms with E-state index in [4.69, 9.17) is 26.4 Å². The van der Waals surface area contributed by atoms with Gasteiger partial charge in [0.25, 0.3) is 11.8 Å². The molecule has 0 radical (unpaired) electrons. The van der Waals surface area contributed by atoms with Gasteiger partial charge in [-0.2, -0.15) is 0 Å². The molecule has 2 rings (SSSR count). The van der Waals surface area contributed by atoms with Gasteiger partial charge in [0.1, 0.15) is 18.1 Å². The molecule has 2 aromatic rings. The van der Waals surface area contributed by atoms with Gasteiger partial charge in [0.05, 0.1) is 12.2 Å². The van der Waals surface area contributed by atoms with Crippen molar-refractivity contribution in [3.63, 3.8) is 0 Å². The van der Waals surface area contributed by atoms with Crippen LogP contribution in [0.3, 0.4) is 0 Å². The van der Waals surface area contributed by atoms with E-state index in [1.807, 2.05) is 25.1 Å². The van der Waals surface area contributed by atoms with Crippen LogP contribution in [0, 0.1) is 6.92 Å². The standard InChI is InChI=1S/C20H22BrN3O5S/c1-13-4-3-5-15(10-13)29-12-18(25)23-24-20(30)22-19(26)16-11-14(21)6-7-17(16)28-9-8-27-2/h3-7,10-11H,8-9,12H2,1-2H3,(H,23,25)(H2,22,24,26,30). The molecule has 10 heteroatoms. The summed E-state index contributed by atoms with van der Waals surface area (Å²) in [4.78, 5) is 24.4. The molecule has 3 N–H and O–H groups in total. The van der Waals surface area contributed by atoms with Crippen LogP contribution in [0.15, 0.2) is 46.9 Å². The van der Waals surface area contributed by atoms with Crippen molar-refractivity contribution in [2.45, 2.75) is 6.92 Å². The van der Waals surface area contributed by atoms with Crippen molar-refractivity contribution >= 4 is 45.1 Å². The number of hydrazine groups is 1. The first-order valence-electron chi connectivity index (χ1n) is 8.90. The van der Waals surface area contributed by atoms with E-state index in [2.05, 4.69) is 32.1 Å². The van der Waals surface area contributed by atoms with Crippen molar-refractivity contribution in [3.05, 3.63) is 58.1 Å². The molecule has 0 saturated carbocycles. The molecule has 2 amide bonds. The molecule has 30 heavy (non-hydrogen) atoms. The van der Waals surface area contributed by atoms with Crippen LogP contribution in [0.1, 0.15) is 15.9 Å². The molecule has 0 aliphatic rings. The fourth-order valence-electron chi connectivity index (χ4n) is 2.26. The lowest BCUT2D eigenvalue weighted by Gasteiger charge is -2.14. The Hall–Kier alpha value is -2.69. The minimum Gasteiger partial charge on any atom is -0.490 e. The van der Waals surface area contributed by atoms with Gasteiger partial charge in [-0.15, -0.1) is 0 Å². The highest BCUT2D eigenvalue weighted by Crippen LogP contribution is 2.23. The molecule has 8 nitrogen and oxygen atoms in total. The Morgan fingerprint density at radius 2 is 1.87 bits per heavy atom. The van der Waals surface area contributed by atoms with Gasteiger partial charge in [-0.1, -0.05) is 28.1 Å². The van der Waals surface area contributed by atoms with Crippen molar-refractivity contribution in [1.29, 1.82) is 0 Å². The molecule has 0 aliphatic carbocycles. The maximum absolute atomic E-state index is 12.5. The van der Waals surface area contributed by atoms with E-state index in [-0.39, 0.29) is 23.9 Å². The van der Waals surface area contributed by atoms with E-state index in [9.17, 15) is 9.59 Å². The first-order valence-corrected chi connectivity index (χ1v) is 10.1. The average Bonchev–Trinajstić information content (AvgIpc) is 2.72. The number of aryl methyl sites for hydroxylation is 1. The van der Waals surface area contributed by atoms with Crippen LogP contribution in [-0.4, -0.2) is 43.9 Å². The second-order valence-electron chi connectivity index (χ2n) is 6.04. The summed E-state index contributed by atoms with van der Waals surface area (Å²) in [6.45, 7) is 2.39. The lowest BCUT2D eigenvalue weighted by Crippen LogP contribution is -2.49. The molecular weight excluding hydrogens is 474 g/mol. The SMILES string of the molecule is COCCOc1ccc(Br)cc1C(=O)NC(=S)NNC(=O)COc1cccc(C)c1. The van der Waals surface area contributed by atoms with Crippen molar-refractivity contribution < 1.29 is 23.8 Å². The van der Waals surface area contributed by atoms with Crippen LogP contribution in [0.5, 0.6) is 11.5 Å². The number of thiocarbonyl (C=S) groups is 1. The lowest BCUT2D eigenvalue weighted by atomic mass is 10.2. The van der Waals surface area contributed by atoms with E-state index in [1.54, 1.807) is 31.4 Å². The zero-order valence-corrected chi connectivity index (χ0v) is 18.9. The predicted octanol–water partition coefficient (Wildman–Crippen LogP) is 2.50. The van der Waals surface area contributed by atoms with E-state index >= 15 is 0 Å². The molecule has 2 aromatic carbocycles. The highest BCUT2D eigenvalue weighted by atomic mass is 79.9. The number of hydrogen-bond acceptors (Lipinski definition) is 6. The Morgan fingerprint density at radius 1 is 1.07 bits per heavy atom.